The molecule has 4 saturated carbocycles. The first-order valence-electron chi connectivity index (χ1n) is 11.7. The number of esters is 1. The van der Waals surface area contributed by atoms with E-state index in [0.29, 0.717) is 17.8 Å². The zero-order chi connectivity index (χ0) is 22.8. The number of rotatable bonds is 8. The minimum absolute atomic E-state index is 0.0420. The van der Waals surface area contributed by atoms with Crippen LogP contribution in [0.5, 0.6) is 0 Å². The number of carbonyl (C=O) groups is 4. The Balaban J connectivity index is 1.52. The fourth-order valence-electron chi connectivity index (χ4n) is 5.93. The molecule has 0 saturated heterocycles. The molecule has 0 aromatic rings. The van der Waals surface area contributed by atoms with Gasteiger partial charge in [-0.3, -0.25) is 14.9 Å². The lowest BCUT2D eigenvalue weighted by molar-refractivity contribution is -0.157. The van der Waals surface area contributed by atoms with E-state index in [4.69, 9.17) is 4.74 Å². The molecule has 0 heterocycles. The Labute approximate surface area is 184 Å². The molecule has 3 N–H and O–H groups in total. The van der Waals surface area contributed by atoms with E-state index >= 15 is 0 Å². The van der Waals surface area contributed by atoms with Gasteiger partial charge in [0.15, 0.2) is 6.61 Å². The second kappa shape index (κ2) is 9.57. The van der Waals surface area contributed by atoms with Gasteiger partial charge in [0.2, 0.25) is 5.91 Å². The molecule has 174 valence electrons. The first kappa shape index (κ1) is 23.5. The average Bonchev–Trinajstić information content (AvgIpc) is 2.68. The summed E-state index contributed by atoms with van der Waals surface area (Å²) < 4.78 is 5.13. The monoisotopic (exact) mass is 435 g/mol. The van der Waals surface area contributed by atoms with E-state index in [2.05, 4.69) is 16.0 Å². The van der Waals surface area contributed by atoms with Gasteiger partial charge in [0.25, 0.3) is 5.91 Å². The quantitative estimate of drug-likeness (QED) is 0.507. The molecule has 4 amide bonds. The second-order valence-corrected chi connectivity index (χ2v) is 10.3. The van der Waals surface area contributed by atoms with Crippen molar-refractivity contribution in [1.29, 1.82) is 0 Å². The summed E-state index contributed by atoms with van der Waals surface area (Å²) in [4.78, 5) is 49.6. The Morgan fingerprint density at radius 1 is 0.935 bits per heavy atom. The number of hydrogen-bond acceptors (Lipinski definition) is 5. The average molecular weight is 436 g/mol. The number of carbonyl (C=O) groups excluding carboxylic acids is 4. The van der Waals surface area contributed by atoms with Crippen molar-refractivity contribution in [3.05, 3.63) is 0 Å². The van der Waals surface area contributed by atoms with Gasteiger partial charge in [0.1, 0.15) is 6.04 Å². The van der Waals surface area contributed by atoms with Gasteiger partial charge in [-0.05, 0) is 75.5 Å². The van der Waals surface area contributed by atoms with Crippen LogP contribution in [-0.2, 0) is 19.1 Å². The van der Waals surface area contributed by atoms with Gasteiger partial charge >= 0.3 is 12.0 Å². The maximum absolute atomic E-state index is 13.3. The predicted molar refractivity (Wildman–Crippen MR) is 115 cm³/mol. The first-order valence-corrected chi connectivity index (χ1v) is 11.7. The molecule has 0 unspecified atom stereocenters. The number of ether oxygens (including phenoxy) is 1. The van der Waals surface area contributed by atoms with Crippen LogP contribution in [0.25, 0.3) is 0 Å². The van der Waals surface area contributed by atoms with Gasteiger partial charge < -0.3 is 15.4 Å². The molecule has 0 aromatic carbocycles. The number of amides is 4. The molecule has 4 aliphatic rings. The maximum atomic E-state index is 13.3. The van der Waals surface area contributed by atoms with Crippen LogP contribution < -0.4 is 16.0 Å². The zero-order valence-corrected chi connectivity index (χ0v) is 19.2. The van der Waals surface area contributed by atoms with Crippen molar-refractivity contribution < 1.29 is 23.9 Å². The van der Waals surface area contributed by atoms with Crippen molar-refractivity contribution in [3.63, 3.8) is 0 Å². The van der Waals surface area contributed by atoms with Crippen LogP contribution in [0.15, 0.2) is 0 Å². The van der Waals surface area contributed by atoms with Crippen LogP contribution in [0.1, 0.15) is 72.6 Å². The van der Waals surface area contributed by atoms with E-state index in [1.807, 2.05) is 27.7 Å². The third kappa shape index (κ3) is 5.57. The molecule has 0 aromatic heterocycles. The van der Waals surface area contributed by atoms with Gasteiger partial charge in [0, 0.05) is 11.5 Å². The number of hydrogen-bond donors (Lipinski definition) is 3. The lowest BCUT2D eigenvalue weighted by Crippen LogP contribution is -2.57. The van der Waals surface area contributed by atoms with E-state index in [1.54, 1.807) is 0 Å². The van der Waals surface area contributed by atoms with Crippen LogP contribution in [0, 0.1) is 29.1 Å². The molecule has 4 aliphatic carbocycles. The standard InChI is InChI=1S/C23H37N3O5/c1-5-14(4)24-22(30)25-18(27)12-31-20(28)19(13(2)3)26-21(29)23-9-15-6-16(10-23)8-17(7-15)11-23/h13-17,19H,5-12H2,1-4H3,(H,26,29)(H2,24,25,27,30)/t14-,15?,16?,17?,19-,23?/m1/s1. The second-order valence-electron chi connectivity index (χ2n) is 10.3. The summed E-state index contributed by atoms with van der Waals surface area (Å²) in [6.07, 6.45) is 7.19. The minimum atomic E-state index is -0.817. The Kier molecular flexibility index (Phi) is 7.27. The van der Waals surface area contributed by atoms with Crippen LogP contribution in [0.4, 0.5) is 4.79 Å². The van der Waals surface area contributed by atoms with Gasteiger partial charge in [-0.25, -0.2) is 9.59 Å². The van der Waals surface area contributed by atoms with Crippen molar-refractivity contribution in [2.75, 3.05) is 6.61 Å². The third-order valence-corrected chi connectivity index (χ3v) is 7.32. The van der Waals surface area contributed by atoms with E-state index < -0.39 is 30.6 Å². The molecule has 0 aliphatic heterocycles. The molecule has 0 spiro atoms. The highest BCUT2D eigenvalue weighted by Gasteiger charge is 2.55. The normalized spacial score (nSPS) is 30.4. The molecule has 4 fully saturated rings. The van der Waals surface area contributed by atoms with Crippen molar-refractivity contribution in [2.45, 2.75) is 84.7 Å². The van der Waals surface area contributed by atoms with Gasteiger partial charge in [0.05, 0.1) is 0 Å². The summed E-state index contributed by atoms with van der Waals surface area (Å²) in [6.45, 7) is 6.85. The molecule has 2 atom stereocenters. The number of imide groups is 1. The predicted octanol–water partition coefficient (Wildman–Crippen LogP) is 2.51. The van der Waals surface area contributed by atoms with E-state index in [9.17, 15) is 19.2 Å². The third-order valence-electron chi connectivity index (χ3n) is 7.32. The lowest BCUT2D eigenvalue weighted by atomic mass is 9.49. The van der Waals surface area contributed by atoms with Crippen LogP contribution in [0.2, 0.25) is 0 Å². The van der Waals surface area contributed by atoms with Crippen molar-refractivity contribution >= 4 is 23.8 Å². The van der Waals surface area contributed by atoms with Gasteiger partial charge in [-0.2, -0.15) is 0 Å². The molecule has 4 bridgehead atoms. The summed E-state index contributed by atoms with van der Waals surface area (Å²) in [5, 5.41) is 7.70. The van der Waals surface area contributed by atoms with Crippen LogP contribution in [0.3, 0.4) is 0 Å². The van der Waals surface area contributed by atoms with E-state index in [1.165, 1.54) is 19.3 Å². The van der Waals surface area contributed by atoms with Crippen molar-refractivity contribution in [1.82, 2.24) is 16.0 Å². The molecule has 4 rings (SSSR count). The highest BCUT2D eigenvalue weighted by Crippen LogP contribution is 2.60. The van der Waals surface area contributed by atoms with E-state index in [-0.39, 0.29) is 23.3 Å². The lowest BCUT2D eigenvalue weighted by Gasteiger charge is -2.55. The number of urea groups is 1. The molecule has 8 nitrogen and oxygen atoms in total. The molecule has 0 radical (unpaired) electrons. The number of nitrogens with one attached hydrogen (secondary N) is 3. The van der Waals surface area contributed by atoms with Crippen LogP contribution in [-0.4, -0.2) is 42.5 Å². The highest BCUT2D eigenvalue weighted by atomic mass is 16.5. The van der Waals surface area contributed by atoms with Gasteiger partial charge in [-0.1, -0.05) is 20.8 Å². The van der Waals surface area contributed by atoms with Crippen molar-refractivity contribution in [3.8, 4) is 0 Å². The molecule has 8 heteroatoms. The summed E-state index contributed by atoms with van der Waals surface area (Å²) in [5.41, 5.74) is -0.354. The molecular weight excluding hydrogens is 398 g/mol. The largest absolute Gasteiger partial charge is 0.454 e. The fraction of sp³-hybridized carbons (Fsp3) is 0.826. The summed E-state index contributed by atoms with van der Waals surface area (Å²) in [6, 6.07) is -1.51. The SMILES string of the molecule is CC[C@@H](C)NC(=O)NC(=O)COC(=O)[C@H](NC(=O)C12CC3CC(CC(C3)C1)C2)C(C)C. The molecular formula is C23H37N3O5. The van der Waals surface area contributed by atoms with E-state index in [0.717, 1.165) is 25.7 Å². The first-order chi connectivity index (χ1) is 14.6. The zero-order valence-electron chi connectivity index (χ0n) is 19.2. The fourth-order valence-corrected chi connectivity index (χ4v) is 5.93. The Morgan fingerprint density at radius 3 is 1.97 bits per heavy atom. The summed E-state index contributed by atoms with van der Waals surface area (Å²) in [5.74, 6) is 0.321. The Hall–Kier alpha value is -2.12. The smallest absolute Gasteiger partial charge is 0.329 e. The maximum Gasteiger partial charge on any atom is 0.329 e. The van der Waals surface area contributed by atoms with Gasteiger partial charge in [-0.15, -0.1) is 0 Å². The topological polar surface area (TPSA) is 114 Å². The van der Waals surface area contributed by atoms with Crippen LogP contribution >= 0.6 is 0 Å². The summed E-state index contributed by atoms with van der Waals surface area (Å²) in [7, 11) is 0. The molecule has 31 heavy (non-hydrogen) atoms. The summed E-state index contributed by atoms with van der Waals surface area (Å²) >= 11 is 0. The Morgan fingerprint density at radius 2 is 1.48 bits per heavy atom. The minimum Gasteiger partial charge on any atom is -0.454 e. The highest BCUT2D eigenvalue weighted by molar-refractivity contribution is 5.96. The van der Waals surface area contributed by atoms with Crippen molar-refractivity contribution in [2.24, 2.45) is 29.1 Å². The Bertz CT molecular complexity index is 685.